The third-order valence-electron chi connectivity index (χ3n) is 2.58. The fraction of sp³-hybridized carbons (Fsp3) is 0.0714. The highest BCUT2D eigenvalue weighted by molar-refractivity contribution is 5.88. The summed E-state index contributed by atoms with van der Waals surface area (Å²) in [4.78, 5) is 15.7. The van der Waals surface area contributed by atoms with Crippen molar-refractivity contribution in [3.8, 4) is 11.4 Å². The van der Waals surface area contributed by atoms with Gasteiger partial charge in [-0.3, -0.25) is 0 Å². The van der Waals surface area contributed by atoms with Gasteiger partial charge in [0, 0.05) is 5.56 Å². The first-order chi connectivity index (χ1) is 9.83. The molecule has 0 N–H and O–H groups in total. The summed E-state index contributed by atoms with van der Waals surface area (Å²) in [6.45, 7) is -0.0795. The molecule has 0 saturated carbocycles. The number of carbonyl (C=O) groups excluding carboxylic acids is 1. The fourth-order valence-corrected chi connectivity index (χ4v) is 1.61. The Morgan fingerprint density at radius 1 is 1.20 bits per heavy atom. The van der Waals surface area contributed by atoms with Crippen LogP contribution in [-0.2, 0) is 11.3 Å². The summed E-state index contributed by atoms with van der Waals surface area (Å²) in [5.41, 5.74) is 1.18. The number of hydrogen-bond acceptors (Lipinski definition) is 6. The molecule has 3 rings (SSSR count). The normalized spacial score (nSPS) is 10.4. The molecule has 0 aliphatic carbocycles. The van der Waals surface area contributed by atoms with Gasteiger partial charge in [0.15, 0.2) is 6.61 Å². The Balaban J connectivity index is 1.65. The van der Waals surface area contributed by atoms with Crippen LogP contribution < -0.4 is 0 Å². The standard InChI is InChI=1S/C14H10N2O4/c17-14(11-6-7-18-8-11)19-9-12-15-13(16-20-12)10-4-2-1-3-5-10/h1-8H,9H2. The molecule has 0 radical (unpaired) electrons. The number of nitrogens with zero attached hydrogens (tertiary/aromatic N) is 2. The van der Waals surface area contributed by atoms with Crippen LogP contribution in [0.5, 0.6) is 0 Å². The predicted molar refractivity (Wildman–Crippen MR) is 67.6 cm³/mol. The molecule has 0 saturated heterocycles. The molecule has 20 heavy (non-hydrogen) atoms. The molecule has 100 valence electrons. The summed E-state index contributed by atoms with van der Waals surface area (Å²) < 4.78 is 14.8. The zero-order valence-electron chi connectivity index (χ0n) is 10.4. The Hall–Kier alpha value is -2.89. The molecule has 0 spiro atoms. The van der Waals surface area contributed by atoms with Gasteiger partial charge in [0.25, 0.3) is 5.89 Å². The van der Waals surface area contributed by atoms with Gasteiger partial charge in [-0.1, -0.05) is 35.5 Å². The van der Waals surface area contributed by atoms with Crippen LogP contribution in [0.3, 0.4) is 0 Å². The molecule has 0 unspecified atom stereocenters. The Morgan fingerprint density at radius 3 is 2.80 bits per heavy atom. The first-order valence-corrected chi connectivity index (χ1v) is 5.90. The van der Waals surface area contributed by atoms with Gasteiger partial charge in [-0.15, -0.1) is 0 Å². The second-order valence-electron chi connectivity index (χ2n) is 3.97. The van der Waals surface area contributed by atoms with Crippen LogP contribution in [0.25, 0.3) is 11.4 Å². The maximum absolute atomic E-state index is 11.6. The lowest BCUT2D eigenvalue weighted by Crippen LogP contribution is -2.04. The van der Waals surface area contributed by atoms with E-state index in [1.165, 1.54) is 18.6 Å². The summed E-state index contributed by atoms with van der Waals surface area (Å²) in [6.07, 6.45) is 2.71. The van der Waals surface area contributed by atoms with Gasteiger partial charge in [-0.05, 0) is 6.07 Å². The molecule has 0 aliphatic rings. The maximum Gasteiger partial charge on any atom is 0.341 e. The summed E-state index contributed by atoms with van der Waals surface area (Å²) >= 11 is 0. The Bertz CT molecular complexity index is 689. The molecule has 0 fully saturated rings. The van der Waals surface area contributed by atoms with Crippen molar-refractivity contribution in [1.82, 2.24) is 10.1 Å². The van der Waals surface area contributed by atoms with E-state index < -0.39 is 5.97 Å². The van der Waals surface area contributed by atoms with Crippen molar-refractivity contribution in [1.29, 1.82) is 0 Å². The van der Waals surface area contributed by atoms with Crippen molar-refractivity contribution < 1.29 is 18.5 Å². The van der Waals surface area contributed by atoms with Crippen molar-refractivity contribution in [2.45, 2.75) is 6.61 Å². The molecule has 0 atom stereocenters. The molecule has 0 bridgehead atoms. The van der Waals surface area contributed by atoms with Gasteiger partial charge < -0.3 is 13.7 Å². The third-order valence-corrected chi connectivity index (χ3v) is 2.58. The second-order valence-corrected chi connectivity index (χ2v) is 3.97. The van der Waals surface area contributed by atoms with Crippen LogP contribution in [0.2, 0.25) is 0 Å². The highest BCUT2D eigenvalue weighted by Gasteiger charge is 2.12. The lowest BCUT2D eigenvalue weighted by Gasteiger charge is -1.97. The molecule has 0 amide bonds. The van der Waals surface area contributed by atoms with Gasteiger partial charge in [0.1, 0.15) is 6.26 Å². The van der Waals surface area contributed by atoms with Gasteiger partial charge in [-0.25, -0.2) is 4.79 Å². The first-order valence-electron chi connectivity index (χ1n) is 5.90. The lowest BCUT2D eigenvalue weighted by molar-refractivity contribution is 0.0429. The quantitative estimate of drug-likeness (QED) is 0.678. The van der Waals surface area contributed by atoms with Crippen LogP contribution in [0, 0.1) is 0 Å². The molecule has 6 nitrogen and oxygen atoms in total. The number of carbonyl (C=O) groups is 1. The zero-order valence-corrected chi connectivity index (χ0v) is 10.4. The summed E-state index contributed by atoms with van der Waals surface area (Å²) in [6, 6.07) is 10.9. The molecule has 6 heteroatoms. The minimum atomic E-state index is -0.502. The van der Waals surface area contributed by atoms with Gasteiger partial charge in [-0.2, -0.15) is 4.98 Å². The number of aromatic nitrogens is 2. The molecule has 2 aromatic heterocycles. The monoisotopic (exact) mass is 270 g/mol. The maximum atomic E-state index is 11.6. The Labute approximate surface area is 114 Å². The number of furan rings is 1. The van der Waals surface area contributed by atoms with E-state index in [9.17, 15) is 4.79 Å². The van der Waals surface area contributed by atoms with E-state index in [-0.39, 0.29) is 12.5 Å². The van der Waals surface area contributed by atoms with Crippen LogP contribution in [0.4, 0.5) is 0 Å². The Kier molecular flexibility index (Phi) is 3.28. The number of ether oxygens (including phenoxy) is 1. The van der Waals surface area contributed by atoms with E-state index in [1.807, 2.05) is 30.3 Å². The first kappa shape index (κ1) is 12.2. The minimum Gasteiger partial charge on any atom is -0.472 e. The summed E-state index contributed by atoms with van der Waals surface area (Å²) in [7, 11) is 0. The van der Waals surface area contributed by atoms with Crippen LogP contribution in [0.15, 0.2) is 57.9 Å². The number of esters is 1. The van der Waals surface area contributed by atoms with E-state index in [1.54, 1.807) is 0 Å². The fourth-order valence-electron chi connectivity index (χ4n) is 1.61. The van der Waals surface area contributed by atoms with E-state index in [2.05, 4.69) is 10.1 Å². The highest BCUT2D eigenvalue weighted by Crippen LogP contribution is 2.15. The molecular weight excluding hydrogens is 260 g/mol. The van der Waals surface area contributed by atoms with Crippen LogP contribution in [0.1, 0.15) is 16.2 Å². The van der Waals surface area contributed by atoms with Crippen molar-refractivity contribution in [2.24, 2.45) is 0 Å². The number of benzene rings is 1. The largest absolute Gasteiger partial charge is 0.472 e. The highest BCUT2D eigenvalue weighted by atomic mass is 16.6. The minimum absolute atomic E-state index is 0.0795. The molecule has 0 aliphatic heterocycles. The third kappa shape index (κ3) is 2.59. The van der Waals surface area contributed by atoms with Crippen LogP contribution in [-0.4, -0.2) is 16.1 Å². The van der Waals surface area contributed by atoms with Crippen molar-refractivity contribution in [3.63, 3.8) is 0 Å². The Morgan fingerprint density at radius 2 is 2.05 bits per heavy atom. The number of rotatable bonds is 4. The van der Waals surface area contributed by atoms with Gasteiger partial charge >= 0.3 is 5.97 Å². The summed E-state index contributed by atoms with van der Waals surface area (Å²) in [5.74, 6) is 0.193. The summed E-state index contributed by atoms with van der Waals surface area (Å²) in [5, 5.41) is 3.83. The second kappa shape index (κ2) is 5.40. The van der Waals surface area contributed by atoms with Crippen LogP contribution >= 0.6 is 0 Å². The van der Waals surface area contributed by atoms with Crippen molar-refractivity contribution in [2.75, 3.05) is 0 Å². The van der Waals surface area contributed by atoms with E-state index in [4.69, 9.17) is 13.7 Å². The number of hydrogen-bond donors (Lipinski definition) is 0. The smallest absolute Gasteiger partial charge is 0.341 e. The molecular formula is C14H10N2O4. The molecule has 3 aromatic rings. The SMILES string of the molecule is O=C(OCc1nc(-c2ccccc2)no1)c1ccoc1. The lowest BCUT2D eigenvalue weighted by atomic mass is 10.2. The van der Waals surface area contributed by atoms with E-state index in [0.717, 1.165) is 5.56 Å². The van der Waals surface area contributed by atoms with E-state index >= 15 is 0 Å². The average molecular weight is 270 g/mol. The zero-order chi connectivity index (χ0) is 13.8. The van der Waals surface area contributed by atoms with Crippen molar-refractivity contribution in [3.05, 3.63) is 60.4 Å². The predicted octanol–water partition coefficient (Wildman–Crippen LogP) is 2.69. The van der Waals surface area contributed by atoms with Crippen molar-refractivity contribution >= 4 is 5.97 Å². The molecule has 1 aromatic carbocycles. The topological polar surface area (TPSA) is 78.4 Å². The van der Waals surface area contributed by atoms with Gasteiger partial charge in [0.05, 0.1) is 11.8 Å². The average Bonchev–Trinajstić information content (AvgIpc) is 3.17. The molecule has 2 heterocycles. The van der Waals surface area contributed by atoms with Gasteiger partial charge in [0.2, 0.25) is 5.82 Å². The van der Waals surface area contributed by atoms with E-state index in [0.29, 0.717) is 11.4 Å².